The summed E-state index contributed by atoms with van der Waals surface area (Å²) in [6.45, 7) is 4.91. The number of aromatic nitrogens is 1. The molecule has 2 heterocycles. The first-order valence-electron chi connectivity index (χ1n) is 11.2. The average Bonchev–Trinajstić information content (AvgIpc) is 3.11. The van der Waals surface area contributed by atoms with Crippen LogP contribution in [0.15, 0.2) is 69.6 Å². The van der Waals surface area contributed by atoms with Crippen LogP contribution in [-0.2, 0) is 6.54 Å². The number of piperazine rings is 1. The van der Waals surface area contributed by atoms with Crippen molar-refractivity contribution in [3.63, 3.8) is 0 Å². The fourth-order valence-corrected chi connectivity index (χ4v) is 5.60. The molecule has 1 aromatic heterocycles. The third-order valence-electron chi connectivity index (χ3n) is 6.45. The minimum atomic E-state index is -0.450. The first kappa shape index (κ1) is 22.7. The van der Waals surface area contributed by atoms with Crippen LogP contribution in [0.4, 0.5) is 5.69 Å². The Morgan fingerprint density at radius 2 is 1.45 bits per heavy atom. The molecule has 1 fully saturated rings. The molecule has 5 nitrogen and oxygen atoms in total. The molecule has 0 unspecified atom stereocenters. The maximum Gasteiger partial charge on any atom is 0.142 e. The largest absolute Gasteiger partial charge is 0.495 e. The molecule has 0 saturated carbocycles. The number of β-amino-alcohol motifs (C(OH)–C–C–N with tert-alkyl or cyclic N) is 1. The Morgan fingerprint density at radius 1 is 0.848 bits per heavy atom. The fraction of sp³-hybridized carbons (Fsp3) is 0.308. The predicted octanol–water partition coefficient (Wildman–Crippen LogP) is 5.51. The van der Waals surface area contributed by atoms with Crippen LogP contribution in [-0.4, -0.2) is 60.5 Å². The van der Waals surface area contributed by atoms with Gasteiger partial charge in [0.15, 0.2) is 0 Å². The molecular formula is C26H27Br2N3O2. The quantitative estimate of drug-likeness (QED) is 0.331. The summed E-state index contributed by atoms with van der Waals surface area (Å²) in [6, 6.07) is 20.9. The van der Waals surface area contributed by atoms with Gasteiger partial charge in [0.2, 0.25) is 0 Å². The van der Waals surface area contributed by atoms with Crippen molar-refractivity contribution < 1.29 is 9.84 Å². The third-order valence-corrected chi connectivity index (χ3v) is 7.44. The molecule has 0 spiro atoms. The SMILES string of the molecule is COc1ccccc1N1CCN(C[C@@H](O)Cn2c3ccc(Br)cc3c3cc(Br)ccc32)CC1. The molecule has 172 valence electrons. The molecule has 33 heavy (non-hydrogen) atoms. The van der Waals surface area contributed by atoms with Gasteiger partial charge in [0.1, 0.15) is 5.75 Å². The highest BCUT2D eigenvalue weighted by Gasteiger charge is 2.22. The lowest BCUT2D eigenvalue weighted by atomic mass is 10.2. The van der Waals surface area contributed by atoms with Crippen molar-refractivity contribution >= 4 is 59.4 Å². The number of aliphatic hydroxyl groups is 1. The predicted molar refractivity (Wildman–Crippen MR) is 142 cm³/mol. The molecule has 1 atom stereocenters. The van der Waals surface area contributed by atoms with Crippen molar-refractivity contribution in [1.82, 2.24) is 9.47 Å². The molecule has 4 aromatic rings. The molecule has 3 aromatic carbocycles. The van der Waals surface area contributed by atoms with Gasteiger partial charge in [-0.15, -0.1) is 0 Å². The second-order valence-corrected chi connectivity index (χ2v) is 10.4. The number of benzene rings is 3. The molecule has 1 aliphatic heterocycles. The lowest BCUT2D eigenvalue weighted by Crippen LogP contribution is -2.49. The van der Waals surface area contributed by atoms with Crippen molar-refractivity contribution in [2.45, 2.75) is 12.6 Å². The maximum atomic E-state index is 11.1. The van der Waals surface area contributed by atoms with E-state index in [1.807, 2.05) is 12.1 Å². The second kappa shape index (κ2) is 9.66. The molecule has 1 saturated heterocycles. The standard InChI is InChI=1S/C26H27Br2N3O2/c1-33-26-5-3-2-4-25(26)30-12-10-29(11-13-30)16-20(32)17-31-23-8-6-18(27)14-21(23)22-15-19(28)7-9-24(22)31/h2-9,14-15,20,32H,10-13,16-17H2,1H3/t20-/m1/s1. The number of hydrogen-bond donors (Lipinski definition) is 1. The van der Waals surface area contributed by atoms with Crippen molar-refractivity contribution in [3.8, 4) is 5.75 Å². The van der Waals surface area contributed by atoms with Gasteiger partial charge in [-0.3, -0.25) is 4.90 Å². The number of anilines is 1. The van der Waals surface area contributed by atoms with Crippen molar-refractivity contribution in [3.05, 3.63) is 69.6 Å². The molecule has 7 heteroatoms. The zero-order chi connectivity index (χ0) is 22.9. The smallest absolute Gasteiger partial charge is 0.142 e. The highest BCUT2D eigenvalue weighted by atomic mass is 79.9. The summed E-state index contributed by atoms with van der Waals surface area (Å²) in [7, 11) is 1.72. The summed E-state index contributed by atoms with van der Waals surface area (Å²) in [4.78, 5) is 4.72. The van der Waals surface area contributed by atoms with E-state index in [1.165, 1.54) is 10.8 Å². The van der Waals surface area contributed by atoms with Crippen molar-refractivity contribution in [2.24, 2.45) is 0 Å². The van der Waals surface area contributed by atoms with Crippen LogP contribution >= 0.6 is 31.9 Å². The van der Waals surface area contributed by atoms with Gasteiger partial charge in [0.05, 0.1) is 25.4 Å². The third kappa shape index (κ3) is 4.64. The summed E-state index contributed by atoms with van der Waals surface area (Å²) in [5, 5.41) is 13.4. The lowest BCUT2D eigenvalue weighted by Gasteiger charge is -2.37. The number of methoxy groups -OCH3 is 1. The van der Waals surface area contributed by atoms with Gasteiger partial charge >= 0.3 is 0 Å². The molecular weight excluding hydrogens is 546 g/mol. The average molecular weight is 573 g/mol. The number of ether oxygens (including phenoxy) is 1. The molecule has 0 amide bonds. The Balaban J connectivity index is 1.29. The number of para-hydroxylation sites is 2. The Hall–Kier alpha value is -2.06. The minimum Gasteiger partial charge on any atom is -0.495 e. The van der Waals surface area contributed by atoms with Gasteiger partial charge in [-0.05, 0) is 48.5 Å². The maximum absolute atomic E-state index is 11.1. The summed E-state index contributed by atoms with van der Waals surface area (Å²) in [5.74, 6) is 0.913. The molecule has 1 aliphatic rings. The topological polar surface area (TPSA) is 40.9 Å². The van der Waals surface area contributed by atoms with Crippen molar-refractivity contribution in [2.75, 3.05) is 44.7 Å². The molecule has 1 N–H and O–H groups in total. The first-order valence-corrected chi connectivity index (χ1v) is 12.8. The van der Waals surface area contributed by atoms with E-state index in [4.69, 9.17) is 4.74 Å². The Labute approximate surface area is 210 Å². The van der Waals surface area contributed by atoms with Crippen LogP contribution in [0.2, 0.25) is 0 Å². The van der Waals surface area contributed by atoms with Crippen LogP contribution in [0.1, 0.15) is 0 Å². The van der Waals surface area contributed by atoms with Gasteiger partial charge in [0.25, 0.3) is 0 Å². The van der Waals surface area contributed by atoms with Gasteiger partial charge < -0.3 is 19.3 Å². The van der Waals surface area contributed by atoms with E-state index in [0.717, 1.165) is 57.6 Å². The molecule has 0 bridgehead atoms. The summed E-state index contributed by atoms with van der Waals surface area (Å²) >= 11 is 7.21. The summed E-state index contributed by atoms with van der Waals surface area (Å²) < 4.78 is 9.89. The van der Waals surface area contributed by atoms with Crippen LogP contribution in [0.5, 0.6) is 5.75 Å². The van der Waals surface area contributed by atoms with Crippen LogP contribution in [0.25, 0.3) is 21.8 Å². The monoisotopic (exact) mass is 571 g/mol. The van der Waals surface area contributed by atoms with E-state index < -0.39 is 6.10 Å². The molecule has 0 aliphatic carbocycles. The van der Waals surface area contributed by atoms with Crippen molar-refractivity contribution in [1.29, 1.82) is 0 Å². The van der Waals surface area contributed by atoms with Gasteiger partial charge in [-0.2, -0.15) is 0 Å². The van der Waals surface area contributed by atoms with E-state index in [9.17, 15) is 5.11 Å². The van der Waals surface area contributed by atoms with E-state index in [2.05, 4.69) is 94.8 Å². The number of fused-ring (bicyclic) bond motifs is 3. The van der Waals surface area contributed by atoms with Crippen LogP contribution in [0, 0.1) is 0 Å². The number of nitrogens with zero attached hydrogens (tertiary/aromatic N) is 3. The van der Waals surface area contributed by atoms with E-state index >= 15 is 0 Å². The zero-order valence-electron chi connectivity index (χ0n) is 18.5. The highest BCUT2D eigenvalue weighted by molar-refractivity contribution is 9.10. The molecule has 5 rings (SSSR count). The van der Waals surface area contributed by atoms with E-state index in [1.54, 1.807) is 7.11 Å². The minimum absolute atomic E-state index is 0.450. The summed E-state index contributed by atoms with van der Waals surface area (Å²) in [5.41, 5.74) is 3.43. The van der Waals surface area contributed by atoms with Gasteiger partial charge in [-0.25, -0.2) is 0 Å². The summed E-state index contributed by atoms with van der Waals surface area (Å²) in [6.07, 6.45) is -0.450. The van der Waals surface area contributed by atoms with Crippen LogP contribution in [0.3, 0.4) is 0 Å². The van der Waals surface area contributed by atoms with Gasteiger partial charge in [0, 0.05) is 63.5 Å². The Morgan fingerprint density at radius 3 is 2.06 bits per heavy atom. The van der Waals surface area contributed by atoms with E-state index in [0.29, 0.717) is 13.1 Å². The Kier molecular flexibility index (Phi) is 6.65. The first-order chi connectivity index (χ1) is 16.0. The lowest BCUT2D eigenvalue weighted by molar-refractivity contribution is 0.0968. The highest BCUT2D eigenvalue weighted by Crippen LogP contribution is 2.33. The molecule has 0 radical (unpaired) electrons. The number of rotatable bonds is 6. The van der Waals surface area contributed by atoms with Crippen LogP contribution < -0.4 is 9.64 Å². The Bertz CT molecular complexity index is 1220. The van der Waals surface area contributed by atoms with Gasteiger partial charge in [-0.1, -0.05) is 44.0 Å². The van der Waals surface area contributed by atoms with E-state index in [-0.39, 0.29) is 0 Å². The second-order valence-electron chi connectivity index (χ2n) is 8.55. The number of hydrogen-bond acceptors (Lipinski definition) is 4. The fourth-order valence-electron chi connectivity index (χ4n) is 4.87. The number of halogens is 2. The zero-order valence-corrected chi connectivity index (χ0v) is 21.7. The normalized spacial score (nSPS) is 15.9. The number of aliphatic hydroxyl groups excluding tert-OH is 1.